The minimum absolute atomic E-state index is 0.172. The molecule has 4 atom stereocenters. The van der Waals surface area contributed by atoms with Gasteiger partial charge < -0.3 is 9.15 Å². The van der Waals surface area contributed by atoms with Crippen LogP contribution in [-0.4, -0.2) is 36.1 Å². The number of ether oxygens (including phenoxy) is 1. The molecule has 3 fully saturated rings. The summed E-state index contributed by atoms with van der Waals surface area (Å²) in [6.45, 7) is 0. The van der Waals surface area contributed by atoms with E-state index in [0.717, 1.165) is 17.9 Å². The predicted octanol–water partition coefficient (Wildman–Crippen LogP) is 3.26. The molecule has 2 bridgehead atoms. The van der Waals surface area contributed by atoms with Gasteiger partial charge >= 0.3 is 5.97 Å². The Kier molecular flexibility index (Phi) is 3.70. The van der Waals surface area contributed by atoms with E-state index in [1.807, 2.05) is 6.07 Å². The fraction of sp³-hybridized carbons (Fsp3) is 0.333. The van der Waals surface area contributed by atoms with Crippen molar-refractivity contribution < 1.29 is 23.5 Å². The Morgan fingerprint density at radius 1 is 1.13 bits per heavy atom. The molecule has 1 saturated heterocycles. The van der Waals surface area contributed by atoms with Crippen LogP contribution in [-0.2, 0) is 14.3 Å². The lowest BCUT2D eigenvalue weighted by Gasteiger charge is -2.18. The molecule has 6 rings (SSSR count). The molecule has 2 saturated carbocycles. The zero-order valence-corrected chi connectivity index (χ0v) is 16.9. The van der Waals surface area contributed by atoms with Gasteiger partial charge in [0.2, 0.25) is 0 Å². The van der Waals surface area contributed by atoms with E-state index in [9.17, 15) is 14.4 Å². The second kappa shape index (κ2) is 6.26. The Morgan fingerprint density at radius 3 is 2.48 bits per heavy atom. The van der Waals surface area contributed by atoms with E-state index < -0.39 is 5.97 Å². The van der Waals surface area contributed by atoms with Gasteiger partial charge in [0, 0.05) is 5.56 Å². The van der Waals surface area contributed by atoms with E-state index in [1.54, 1.807) is 30.3 Å². The van der Waals surface area contributed by atoms with Crippen molar-refractivity contribution in [2.24, 2.45) is 34.2 Å². The van der Waals surface area contributed by atoms with Crippen LogP contribution in [0.15, 0.2) is 58.1 Å². The summed E-state index contributed by atoms with van der Waals surface area (Å²) in [7, 11) is 1.33. The van der Waals surface area contributed by atoms with E-state index >= 15 is 0 Å². The number of rotatable bonds is 4. The zero-order chi connectivity index (χ0) is 21.3. The van der Waals surface area contributed by atoms with Gasteiger partial charge in [-0.05, 0) is 54.4 Å². The summed E-state index contributed by atoms with van der Waals surface area (Å²) in [6, 6.07) is 10.4. The lowest BCUT2D eigenvalue weighted by atomic mass is 9.85. The Labute approximate surface area is 178 Å². The standard InChI is InChI=1S/C24H20N2O5/c1-30-23(29)14-4-2-3-13(11-14)18-8-5-15(31-18)12-25-26-21(27)19-16-6-7-17(20(19)22(26)28)24(16)9-10-24/h2-8,11-12,16-17,19-20H,9-10H2,1H3/b25-12-/t16-,17-,19-,20+/m1/s1. The van der Waals surface area contributed by atoms with Gasteiger partial charge in [-0.15, -0.1) is 0 Å². The minimum atomic E-state index is -0.428. The van der Waals surface area contributed by atoms with Crippen LogP contribution in [0.2, 0.25) is 0 Å². The third-order valence-corrected chi connectivity index (χ3v) is 7.32. The average molecular weight is 416 g/mol. The first-order chi connectivity index (χ1) is 15.0. The van der Waals surface area contributed by atoms with E-state index in [0.29, 0.717) is 22.6 Å². The summed E-state index contributed by atoms with van der Waals surface area (Å²) in [4.78, 5) is 37.7. The van der Waals surface area contributed by atoms with Crippen molar-refractivity contribution in [3.63, 3.8) is 0 Å². The molecule has 156 valence electrons. The van der Waals surface area contributed by atoms with Crippen LogP contribution in [0.5, 0.6) is 0 Å². The van der Waals surface area contributed by atoms with Gasteiger partial charge in [0.1, 0.15) is 11.5 Å². The van der Waals surface area contributed by atoms with Crippen LogP contribution in [0.25, 0.3) is 11.3 Å². The Bertz CT molecular complexity index is 1150. The summed E-state index contributed by atoms with van der Waals surface area (Å²) >= 11 is 0. The zero-order valence-electron chi connectivity index (χ0n) is 16.9. The third-order valence-electron chi connectivity index (χ3n) is 7.32. The monoisotopic (exact) mass is 416 g/mol. The second-order valence-corrected chi connectivity index (χ2v) is 8.73. The number of hydrogen-bond donors (Lipinski definition) is 0. The number of allylic oxidation sites excluding steroid dienone is 2. The smallest absolute Gasteiger partial charge is 0.337 e. The lowest BCUT2D eigenvalue weighted by Crippen LogP contribution is -2.30. The number of furan rings is 1. The highest BCUT2D eigenvalue weighted by molar-refractivity contribution is 6.07. The Balaban J connectivity index is 1.22. The topological polar surface area (TPSA) is 89.2 Å². The first-order valence-electron chi connectivity index (χ1n) is 10.4. The van der Waals surface area contributed by atoms with Gasteiger partial charge in [-0.2, -0.15) is 10.1 Å². The Hall–Kier alpha value is -3.48. The first-order valence-corrected chi connectivity index (χ1v) is 10.4. The number of methoxy groups -OCH3 is 1. The van der Waals surface area contributed by atoms with Crippen LogP contribution >= 0.6 is 0 Å². The molecule has 7 heteroatoms. The highest BCUT2D eigenvalue weighted by Crippen LogP contribution is 2.73. The van der Waals surface area contributed by atoms with Crippen molar-refractivity contribution in [1.82, 2.24) is 5.01 Å². The van der Waals surface area contributed by atoms with Crippen molar-refractivity contribution in [3.05, 3.63) is 59.9 Å². The van der Waals surface area contributed by atoms with E-state index in [-0.39, 0.29) is 40.9 Å². The molecule has 0 unspecified atom stereocenters. The summed E-state index contributed by atoms with van der Waals surface area (Å²) in [5, 5.41) is 5.21. The first kappa shape index (κ1) is 18.3. The fourth-order valence-electron chi connectivity index (χ4n) is 5.79. The summed E-state index contributed by atoms with van der Waals surface area (Å²) in [5.74, 6) is -0.0577. The van der Waals surface area contributed by atoms with Crippen LogP contribution < -0.4 is 0 Å². The minimum Gasteiger partial charge on any atom is -0.465 e. The maximum atomic E-state index is 13.0. The molecule has 1 aliphatic heterocycles. The largest absolute Gasteiger partial charge is 0.465 e. The van der Waals surface area contributed by atoms with Gasteiger partial charge in [-0.3, -0.25) is 9.59 Å². The van der Waals surface area contributed by atoms with Crippen LogP contribution in [0.1, 0.15) is 29.0 Å². The quantitative estimate of drug-likeness (QED) is 0.330. The highest BCUT2D eigenvalue weighted by atomic mass is 16.5. The summed E-state index contributed by atoms with van der Waals surface area (Å²) in [6.07, 6.45) is 7.89. The maximum Gasteiger partial charge on any atom is 0.337 e. The number of carbonyl (C=O) groups excluding carboxylic acids is 3. The molecule has 2 aromatic rings. The molecule has 0 N–H and O–H groups in total. The van der Waals surface area contributed by atoms with Gasteiger partial charge in [-0.1, -0.05) is 24.3 Å². The molecular formula is C24H20N2O5. The molecule has 1 spiro atoms. The fourth-order valence-corrected chi connectivity index (χ4v) is 5.79. The van der Waals surface area contributed by atoms with Crippen molar-refractivity contribution in [2.45, 2.75) is 12.8 Å². The molecule has 1 aromatic carbocycles. The molecule has 4 aliphatic rings. The Morgan fingerprint density at radius 2 is 1.84 bits per heavy atom. The number of benzene rings is 1. The number of hydrogen-bond acceptors (Lipinski definition) is 6. The van der Waals surface area contributed by atoms with E-state index in [4.69, 9.17) is 9.15 Å². The summed E-state index contributed by atoms with van der Waals surface area (Å²) < 4.78 is 10.5. The third kappa shape index (κ3) is 2.46. The highest BCUT2D eigenvalue weighted by Gasteiger charge is 2.73. The molecule has 31 heavy (non-hydrogen) atoms. The number of fused-ring (bicyclic) bond motifs is 3. The number of esters is 1. The summed E-state index contributed by atoms with van der Waals surface area (Å²) in [5.41, 5.74) is 1.30. The van der Waals surface area contributed by atoms with Crippen LogP contribution in [0.3, 0.4) is 0 Å². The molecule has 7 nitrogen and oxygen atoms in total. The predicted molar refractivity (Wildman–Crippen MR) is 110 cm³/mol. The number of hydrazone groups is 1. The number of nitrogens with zero attached hydrogens (tertiary/aromatic N) is 2. The molecule has 2 heterocycles. The van der Waals surface area contributed by atoms with Crippen LogP contribution in [0, 0.1) is 29.1 Å². The average Bonchev–Trinajstić information content (AvgIpc) is 3.07. The molecule has 3 aliphatic carbocycles. The second-order valence-electron chi connectivity index (χ2n) is 8.73. The number of imide groups is 1. The lowest BCUT2D eigenvalue weighted by molar-refractivity contribution is -0.141. The van der Waals surface area contributed by atoms with Crippen LogP contribution in [0.4, 0.5) is 0 Å². The van der Waals surface area contributed by atoms with E-state index in [2.05, 4.69) is 17.3 Å². The van der Waals surface area contributed by atoms with E-state index in [1.165, 1.54) is 13.3 Å². The van der Waals surface area contributed by atoms with Crippen molar-refractivity contribution in [3.8, 4) is 11.3 Å². The molecule has 2 amide bonds. The SMILES string of the molecule is COC(=O)c1cccc(-c2ccc(/C=N\N3C(=O)[C@@H]4[C@H](C3=O)[C@H]3C=C[C@H]4C34CC4)o2)c1. The molecule has 0 radical (unpaired) electrons. The molecular weight excluding hydrogens is 396 g/mol. The van der Waals surface area contributed by atoms with Gasteiger partial charge in [-0.25, -0.2) is 4.79 Å². The number of amides is 2. The van der Waals surface area contributed by atoms with Crippen molar-refractivity contribution >= 4 is 24.0 Å². The van der Waals surface area contributed by atoms with Gasteiger partial charge in [0.05, 0.1) is 30.7 Å². The maximum absolute atomic E-state index is 13.0. The van der Waals surface area contributed by atoms with Gasteiger partial charge in [0.15, 0.2) is 0 Å². The van der Waals surface area contributed by atoms with Crippen molar-refractivity contribution in [1.29, 1.82) is 0 Å². The van der Waals surface area contributed by atoms with Crippen molar-refractivity contribution in [2.75, 3.05) is 7.11 Å². The van der Waals surface area contributed by atoms with Gasteiger partial charge in [0.25, 0.3) is 11.8 Å². The normalized spacial score (nSPS) is 29.4. The number of carbonyl (C=O) groups is 3. The molecule has 1 aromatic heterocycles.